The Morgan fingerprint density at radius 3 is 2.46 bits per heavy atom. The highest BCUT2D eigenvalue weighted by Crippen LogP contribution is 2.57. The summed E-state index contributed by atoms with van der Waals surface area (Å²) in [5, 5.41) is 0.940. The average molecular weight is 812 g/mol. The summed E-state index contributed by atoms with van der Waals surface area (Å²) >= 11 is 6.34. The summed E-state index contributed by atoms with van der Waals surface area (Å²) in [6, 6.07) is 5.82. The van der Waals surface area contributed by atoms with Gasteiger partial charge in [0.05, 0.1) is 35.6 Å². The average Bonchev–Trinajstić information content (AvgIpc) is 4.02. The molecule has 5 aliphatic rings. The van der Waals surface area contributed by atoms with Gasteiger partial charge in [-0.15, -0.1) is 6.58 Å². The largest absolute Gasteiger partial charge is 0.473 e. The van der Waals surface area contributed by atoms with E-state index in [0.717, 1.165) is 38.5 Å². The van der Waals surface area contributed by atoms with Crippen LogP contribution in [-0.4, -0.2) is 71.5 Å². The second-order valence-electron chi connectivity index (χ2n) is 17.9. The molecule has 3 heterocycles. The molecule has 56 heavy (non-hydrogen) atoms. The second-order valence-corrected chi connectivity index (χ2v) is 20.3. The van der Waals surface area contributed by atoms with Crippen LogP contribution in [0.4, 0.5) is 0 Å². The molecule has 7 rings (SSSR count). The molecular weight excluding hydrogens is 758 g/mol. The monoisotopic (exact) mass is 811 g/mol. The van der Waals surface area contributed by atoms with E-state index in [-0.39, 0.29) is 49.8 Å². The lowest BCUT2D eigenvalue weighted by Crippen LogP contribution is -2.48. The molecule has 0 radical (unpaired) electrons. The molecule has 2 bridgehead atoms. The van der Waals surface area contributed by atoms with Crippen molar-refractivity contribution in [3.8, 4) is 5.88 Å². The van der Waals surface area contributed by atoms with E-state index in [1.807, 2.05) is 20.8 Å². The van der Waals surface area contributed by atoms with Crippen molar-refractivity contribution in [2.75, 3.05) is 6.54 Å². The first-order valence-electron chi connectivity index (χ1n) is 20.2. The Balaban J connectivity index is 1.24. The number of amides is 2. The van der Waals surface area contributed by atoms with Gasteiger partial charge in [-0.3, -0.25) is 33.3 Å². The summed E-state index contributed by atoms with van der Waals surface area (Å²) in [6.07, 6.45) is 7.48. The third-order valence-electron chi connectivity index (χ3n) is 12.8. The van der Waals surface area contributed by atoms with Crippen molar-refractivity contribution in [2.24, 2.45) is 28.6 Å². The number of pyridine rings is 1. The summed E-state index contributed by atoms with van der Waals surface area (Å²) < 4.78 is 42.2. The quantitative estimate of drug-likeness (QED) is 0.258. The first kappa shape index (κ1) is 40.5. The number of ether oxygens (including phenoxy) is 2. The molecule has 7 atom stereocenters. The van der Waals surface area contributed by atoms with Gasteiger partial charge in [0.15, 0.2) is 11.7 Å². The zero-order valence-electron chi connectivity index (χ0n) is 32.6. The van der Waals surface area contributed by atoms with Crippen LogP contribution in [0, 0.1) is 28.6 Å². The van der Waals surface area contributed by atoms with E-state index in [4.69, 9.17) is 21.1 Å². The van der Waals surface area contributed by atoms with Gasteiger partial charge in [0.25, 0.3) is 5.56 Å². The lowest BCUT2D eigenvalue weighted by molar-refractivity contribution is -0.158. The maximum absolute atomic E-state index is 14.8. The van der Waals surface area contributed by atoms with Crippen molar-refractivity contribution in [1.82, 2.24) is 14.2 Å². The Kier molecular flexibility index (Phi) is 11.3. The van der Waals surface area contributed by atoms with Crippen molar-refractivity contribution < 1.29 is 37.1 Å². The third-order valence-corrected chi connectivity index (χ3v) is 14.9. The molecule has 0 unspecified atom stereocenters. The van der Waals surface area contributed by atoms with Crippen molar-refractivity contribution in [3.05, 3.63) is 52.3 Å². The standard InChI is InChI=1S/C42H54ClN3O9S/c1-5-27-22-42(27,40(51)44-56(52,53)30-14-15-30)23-34(47)33-20-29-24-46(33)39(50)32(41(2,3)4)21-37(48)55-35-12-9-11-25(35)10-7-6-8-17-45-36(54-29)19-26-18-28(43)13-16-31(26)38(45)49/h5,13,16,18-19,25,27,29-30,32-33,35H,1,6-12,14-15,17,20-24H2,2-4H3,(H,44,51)/t25-,27-,29-,32-,33+,35-,42-/m1/s1. The Morgan fingerprint density at radius 2 is 1.77 bits per heavy atom. The fourth-order valence-electron chi connectivity index (χ4n) is 9.21. The predicted octanol–water partition coefficient (Wildman–Crippen LogP) is 6.10. The smallest absolute Gasteiger partial charge is 0.306 e. The molecule has 0 spiro atoms. The molecule has 4 fully saturated rings. The summed E-state index contributed by atoms with van der Waals surface area (Å²) in [5.41, 5.74) is -2.24. The van der Waals surface area contributed by atoms with E-state index >= 15 is 0 Å². The first-order valence-corrected chi connectivity index (χ1v) is 22.1. The lowest BCUT2D eigenvalue weighted by atomic mass is 9.77. The molecule has 1 aromatic heterocycles. The fraction of sp³-hybridized carbons (Fsp3) is 0.643. The van der Waals surface area contributed by atoms with Crippen LogP contribution >= 0.6 is 11.6 Å². The van der Waals surface area contributed by atoms with Crippen LogP contribution in [0.1, 0.15) is 104 Å². The zero-order valence-corrected chi connectivity index (χ0v) is 34.2. The van der Waals surface area contributed by atoms with Gasteiger partial charge < -0.3 is 14.4 Å². The Labute approximate surface area is 333 Å². The number of hydrogen-bond donors (Lipinski definition) is 1. The second kappa shape index (κ2) is 15.6. The van der Waals surface area contributed by atoms with Crippen molar-refractivity contribution in [3.63, 3.8) is 0 Å². The van der Waals surface area contributed by atoms with Crippen LogP contribution in [0.2, 0.25) is 5.02 Å². The minimum atomic E-state index is -3.87. The van der Waals surface area contributed by atoms with Crippen LogP contribution in [0.3, 0.4) is 0 Å². The number of Topliss-reactive ketones (excluding diaryl/α,β-unsaturated/α-hetero) is 1. The van der Waals surface area contributed by atoms with Crippen molar-refractivity contribution in [2.45, 2.75) is 134 Å². The van der Waals surface area contributed by atoms with Crippen LogP contribution in [-0.2, 0) is 40.5 Å². The minimum absolute atomic E-state index is 0.0104. The van der Waals surface area contributed by atoms with E-state index in [1.165, 1.54) is 4.90 Å². The number of nitrogens with one attached hydrogen (secondary N) is 1. The van der Waals surface area contributed by atoms with Gasteiger partial charge in [-0.1, -0.05) is 51.3 Å². The van der Waals surface area contributed by atoms with Gasteiger partial charge in [-0.2, -0.15) is 0 Å². The predicted molar refractivity (Wildman–Crippen MR) is 211 cm³/mol. The number of sulfonamides is 1. The lowest BCUT2D eigenvalue weighted by Gasteiger charge is -2.35. The number of benzene rings is 1. The summed E-state index contributed by atoms with van der Waals surface area (Å²) in [6.45, 7) is 9.86. The number of aromatic nitrogens is 1. The maximum atomic E-state index is 14.8. The Hall–Kier alpha value is -3.71. The SMILES string of the molecule is C=C[C@@H]1C[C@]1(CC(=O)[C@@H]1C[C@@H]2CN1C(=O)[C@H](C(C)(C)C)CC(=O)O[C@@H]1CCC[C@H]1CCCCCn1c(cc3cc(Cl)ccc3c1=O)O2)C(=O)NS(=O)(=O)C1CC1. The highest BCUT2D eigenvalue weighted by molar-refractivity contribution is 7.90. The van der Waals surface area contributed by atoms with Crippen LogP contribution < -0.4 is 15.0 Å². The Bertz CT molecular complexity index is 2090. The number of rotatable bonds is 7. The molecule has 14 heteroatoms. The highest BCUT2D eigenvalue weighted by atomic mass is 35.5. The number of nitrogens with zero attached hydrogens (tertiary/aromatic N) is 2. The van der Waals surface area contributed by atoms with E-state index in [9.17, 15) is 32.4 Å². The van der Waals surface area contributed by atoms with Crippen LogP contribution in [0.25, 0.3) is 10.8 Å². The number of ketones is 1. The number of allylic oxidation sites excluding steroid dienone is 1. The van der Waals surface area contributed by atoms with Gasteiger partial charge in [-0.05, 0) is 92.2 Å². The van der Waals surface area contributed by atoms with Gasteiger partial charge in [0, 0.05) is 35.9 Å². The molecular formula is C42H54ClN3O9S. The van der Waals surface area contributed by atoms with Crippen molar-refractivity contribution >= 4 is 56.0 Å². The van der Waals surface area contributed by atoms with E-state index in [2.05, 4.69) is 11.3 Å². The minimum Gasteiger partial charge on any atom is -0.473 e. The van der Waals surface area contributed by atoms with Gasteiger partial charge in [-0.25, -0.2) is 8.42 Å². The zero-order chi connectivity index (χ0) is 40.2. The van der Waals surface area contributed by atoms with E-state index < -0.39 is 73.7 Å². The number of fused-ring (bicyclic) bond motifs is 5. The third kappa shape index (κ3) is 8.31. The molecule has 304 valence electrons. The van der Waals surface area contributed by atoms with Gasteiger partial charge in [0.2, 0.25) is 21.8 Å². The first-order chi connectivity index (χ1) is 26.5. The van der Waals surface area contributed by atoms with Crippen LogP contribution in [0.5, 0.6) is 5.88 Å². The number of esters is 1. The molecule has 2 amide bonds. The molecule has 1 saturated heterocycles. The van der Waals surface area contributed by atoms with Crippen LogP contribution in [0.15, 0.2) is 41.7 Å². The summed E-state index contributed by atoms with van der Waals surface area (Å²) in [7, 11) is -3.87. The van der Waals surface area contributed by atoms with E-state index in [1.54, 1.807) is 34.9 Å². The highest BCUT2D eigenvalue weighted by Gasteiger charge is 2.61. The number of halogens is 1. The molecule has 1 aromatic carbocycles. The number of carbonyl (C=O) groups excluding carboxylic acids is 4. The van der Waals surface area contributed by atoms with Gasteiger partial charge >= 0.3 is 5.97 Å². The fourth-order valence-corrected chi connectivity index (χ4v) is 10.8. The molecule has 1 N–H and O–H groups in total. The molecule has 2 aliphatic heterocycles. The maximum Gasteiger partial charge on any atom is 0.306 e. The summed E-state index contributed by atoms with van der Waals surface area (Å²) in [5.74, 6) is -2.73. The Morgan fingerprint density at radius 1 is 1.02 bits per heavy atom. The summed E-state index contributed by atoms with van der Waals surface area (Å²) in [4.78, 5) is 72.1. The normalized spacial score (nSPS) is 30.3. The number of hydrogen-bond acceptors (Lipinski definition) is 9. The topological polar surface area (TPSA) is 158 Å². The number of carbonyl (C=O) groups is 4. The molecule has 12 nitrogen and oxygen atoms in total. The molecule has 2 aromatic rings. The van der Waals surface area contributed by atoms with Crippen molar-refractivity contribution in [1.29, 1.82) is 0 Å². The van der Waals surface area contributed by atoms with E-state index in [0.29, 0.717) is 47.5 Å². The van der Waals surface area contributed by atoms with Gasteiger partial charge in [0.1, 0.15) is 12.2 Å². The molecule has 3 aliphatic carbocycles. The molecule has 3 saturated carbocycles.